The first-order valence-electron chi connectivity index (χ1n) is 8.33. The minimum Gasteiger partial charge on any atom is -0.497 e. The molecule has 0 aliphatic carbocycles. The molecule has 0 aliphatic rings. The Hall–Kier alpha value is -3.35. The fourth-order valence-electron chi connectivity index (χ4n) is 2.46. The number of hydrogen-bond acceptors (Lipinski definition) is 5. The molecule has 7 nitrogen and oxygen atoms in total. The van der Waals surface area contributed by atoms with Crippen LogP contribution in [0.3, 0.4) is 0 Å². The van der Waals surface area contributed by atoms with Crippen LogP contribution in [0.15, 0.2) is 42.5 Å². The number of carbonyl (C=O) groups is 3. The van der Waals surface area contributed by atoms with E-state index in [-0.39, 0.29) is 6.54 Å². The highest BCUT2D eigenvalue weighted by Gasteiger charge is 2.12. The predicted molar refractivity (Wildman–Crippen MR) is 101 cm³/mol. The molecular formula is C20H22N2O5. The van der Waals surface area contributed by atoms with Crippen molar-refractivity contribution in [2.45, 2.75) is 13.8 Å². The van der Waals surface area contributed by atoms with Gasteiger partial charge in [0.15, 0.2) is 6.61 Å². The van der Waals surface area contributed by atoms with Crippen molar-refractivity contribution in [3.8, 4) is 5.75 Å². The first kappa shape index (κ1) is 20.0. The molecule has 27 heavy (non-hydrogen) atoms. The average Bonchev–Trinajstić information content (AvgIpc) is 2.63. The number of hydrogen-bond donors (Lipinski definition) is 2. The van der Waals surface area contributed by atoms with Crippen molar-refractivity contribution in [1.82, 2.24) is 5.32 Å². The van der Waals surface area contributed by atoms with Crippen LogP contribution >= 0.6 is 0 Å². The monoisotopic (exact) mass is 370 g/mol. The van der Waals surface area contributed by atoms with Gasteiger partial charge in [-0.1, -0.05) is 12.1 Å². The molecule has 7 heteroatoms. The minimum atomic E-state index is -0.707. The zero-order valence-corrected chi connectivity index (χ0v) is 15.5. The second-order valence-electron chi connectivity index (χ2n) is 6.00. The molecule has 0 saturated heterocycles. The summed E-state index contributed by atoms with van der Waals surface area (Å²) in [4.78, 5) is 35.6. The van der Waals surface area contributed by atoms with Crippen LogP contribution in [0.4, 0.5) is 5.69 Å². The van der Waals surface area contributed by atoms with E-state index in [2.05, 4.69) is 10.6 Å². The second-order valence-corrected chi connectivity index (χ2v) is 6.00. The van der Waals surface area contributed by atoms with Gasteiger partial charge >= 0.3 is 5.97 Å². The van der Waals surface area contributed by atoms with Crippen molar-refractivity contribution in [3.05, 3.63) is 59.2 Å². The third-order valence-electron chi connectivity index (χ3n) is 3.59. The Balaban J connectivity index is 1.76. The maximum atomic E-state index is 12.0. The Bertz CT molecular complexity index is 828. The van der Waals surface area contributed by atoms with Crippen LogP contribution < -0.4 is 15.4 Å². The Kier molecular flexibility index (Phi) is 6.93. The van der Waals surface area contributed by atoms with Crippen LogP contribution in [0.2, 0.25) is 0 Å². The summed E-state index contributed by atoms with van der Waals surface area (Å²) in [6, 6.07) is 12.2. The largest absolute Gasteiger partial charge is 0.497 e. The lowest BCUT2D eigenvalue weighted by Gasteiger charge is -2.09. The van der Waals surface area contributed by atoms with Crippen LogP contribution in [0.25, 0.3) is 0 Å². The lowest BCUT2D eigenvalue weighted by Crippen LogP contribution is -2.32. The molecule has 0 fully saturated rings. The molecule has 0 aromatic heterocycles. The van der Waals surface area contributed by atoms with Gasteiger partial charge in [0, 0.05) is 11.3 Å². The zero-order chi connectivity index (χ0) is 19.8. The van der Waals surface area contributed by atoms with Gasteiger partial charge in [0.2, 0.25) is 0 Å². The lowest BCUT2D eigenvalue weighted by atomic mass is 10.1. The standard InChI is InChI=1S/C20H22N2O5/c1-13-7-14(2)9-16(8-13)22-18(23)12-27-19(24)11-21-20(25)15-5-4-6-17(10-15)26-3/h4-10H,11-12H2,1-3H3,(H,21,25)(H,22,23). The minimum absolute atomic E-state index is 0.340. The Morgan fingerprint density at radius 1 is 1.00 bits per heavy atom. The van der Waals surface area contributed by atoms with Crippen molar-refractivity contribution >= 4 is 23.5 Å². The average molecular weight is 370 g/mol. The summed E-state index contributed by atoms with van der Waals surface area (Å²) in [6.07, 6.45) is 0. The molecule has 2 amide bonds. The number of nitrogens with one attached hydrogen (secondary N) is 2. The Labute approximate surface area is 157 Å². The summed E-state index contributed by atoms with van der Waals surface area (Å²) in [7, 11) is 1.50. The molecule has 2 aromatic carbocycles. The highest BCUT2D eigenvalue weighted by atomic mass is 16.5. The van der Waals surface area contributed by atoms with Gasteiger partial charge in [-0.3, -0.25) is 14.4 Å². The molecule has 0 heterocycles. The van der Waals surface area contributed by atoms with Crippen molar-refractivity contribution < 1.29 is 23.9 Å². The number of benzene rings is 2. The third kappa shape index (κ3) is 6.47. The molecule has 0 atom stereocenters. The predicted octanol–water partition coefficient (Wildman–Crippen LogP) is 2.22. The molecule has 0 saturated carbocycles. The van der Waals surface area contributed by atoms with E-state index in [1.54, 1.807) is 24.3 Å². The molecule has 0 radical (unpaired) electrons. The molecule has 2 N–H and O–H groups in total. The number of anilines is 1. The number of esters is 1. The lowest BCUT2D eigenvalue weighted by molar-refractivity contribution is -0.146. The summed E-state index contributed by atoms with van der Waals surface area (Å²) in [5.74, 6) is -1.06. The molecule has 2 rings (SSSR count). The van der Waals surface area contributed by atoms with Crippen LogP contribution in [-0.4, -0.2) is 38.0 Å². The first-order chi connectivity index (χ1) is 12.9. The van der Waals surface area contributed by atoms with E-state index in [9.17, 15) is 14.4 Å². The number of aryl methyl sites for hydroxylation is 2. The van der Waals surface area contributed by atoms with Gasteiger partial charge < -0.3 is 20.1 Å². The second kappa shape index (κ2) is 9.38. The quantitative estimate of drug-likeness (QED) is 0.729. The summed E-state index contributed by atoms with van der Waals surface area (Å²) in [5, 5.41) is 5.10. The molecule has 0 bridgehead atoms. The molecule has 2 aromatic rings. The van der Waals surface area contributed by atoms with Crippen molar-refractivity contribution in [1.29, 1.82) is 0 Å². The van der Waals surface area contributed by atoms with Gasteiger partial charge in [0.1, 0.15) is 12.3 Å². The molecule has 142 valence electrons. The highest BCUT2D eigenvalue weighted by Crippen LogP contribution is 2.14. The van der Waals surface area contributed by atoms with Gasteiger partial charge in [-0.25, -0.2) is 0 Å². The zero-order valence-electron chi connectivity index (χ0n) is 15.5. The summed E-state index contributed by atoms with van der Waals surface area (Å²) in [6.45, 7) is 3.08. The van der Waals surface area contributed by atoms with Crippen LogP contribution in [0, 0.1) is 13.8 Å². The Morgan fingerprint density at radius 2 is 1.70 bits per heavy atom. The molecule has 0 aliphatic heterocycles. The maximum Gasteiger partial charge on any atom is 0.325 e. The van der Waals surface area contributed by atoms with Crippen molar-refractivity contribution in [2.75, 3.05) is 25.6 Å². The molecule has 0 spiro atoms. The number of methoxy groups -OCH3 is 1. The van der Waals surface area contributed by atoms with Crippen LogP contribution in [-0.2, 0) is 14.3 Å². The smallest absolute Gasteiger partial charge is 0.325 e. The summed E-state index contributed by atoms with van der Waals surface area (Å²) >= 11 is 0. The number of carbonyl (C=O) groups excluding carboxylic acids is 3. The first-order valence-corrected chi connectivity index (χ1v) is 8.33. The van der Waals surface area contributed by atoms with Gasteiger partial charge in [-0.15, -0.1) is 0 Å². The fourth-order valence-corrected chi connectivity index (χ4v) is 2.46. The van der Waals surface area contributed by atoms with Gasteiger partial charge in [-0.2, -0.15) is 0 Å². The SMILES string of the molecule is COc1cccc(C(=O)NCC(=O)OCC(=O)Nc2cc(C)cc(C)c2)c1. The van der Waals surface area contributed by atoms with Gasteiger partial charge in [-0.05, 0) is 55.3 Å². The molecular weight excluding hydrogens is 348 g/mol. The van der Waals surface area contributed by atoms with Crippen molar-refractivity contribution in [2.24, 2.45) is 0 Å². The van der Waals surface area contributed by atoms with E-state index in [0.717, 1.165) is 11.1 Å². The van der Waals surface area contributed by atoms with Gasteiger partial charge in [0.25, 0.3) is 11.8 Å². The van der Waals surface area contributed by atoms with E-state index in [0.29, 0.717) is 17.0 Å². The topological polar surface area (TPSA) is 93.7 Å². The van der Waals surface area contributed by atoms with Gasteiger partial charge in [0.05, 0.1) is 7.11 Å². The maximum absolute atomic E-state index is 12.0. The summed E-state index contributed by atoms with van der Waals surface area (Å²) < 4.78 is 9.92. The number of rotatable bonds is 7. The Morgan fingerprint density at radius 3 is 2.37 bits per heavy atom. The number of amides is 2. The third-order valence-corrected chi connectivity index (χ3v) is 3.59. The van der Waals surface area contributed by atoms with E-state index >= 15 is 0 Å². The van der Waals surface area contributed by atoms with E-state index in [1.807, 2.05) is 32.0 Å². The molecule has 0 unspecified atom stereocenters. The number of ether oxygens (including phenoxy) is 2. The van der Waals surface area contributed by atoms with Crippen LogP contribution in [0.1, 0.15) is 21.5 Å². The highest BCUT2D eigenvalue weighted by molar-refractivity contribution is 5.97. The fraction of sp³-hybridized carbons (Fsp3) is 0.250. The van der Waals surface area contributed by atoms with Crippen LogP contribution in [0.5, 0.6) is 5.75 Å². The summed E-state index contributed by atoms with van der Waals surface area (Å²) in [5.41, 5.74) is 3.03. The van der Waals surface area contributed by atoms with E-state index < -0.39 is 24.4 Å². The van der Waals surface area contributed by atoms with E-state index in [4.69, 9.17) is 9.47 Å². The normalized spacial score (nSPS) is 10.0. The van der Waals surface area contributed by atoms with Crippen molar-refractivity contribution in [3.63, 3.8) is 0 Å². The van der Waals surface area contributed by atoms with E-state index in [1.165, 1.54) is 7.11 Å².